The van der Waals surface area contributed by atoms with E-state index in [2.05, 4.69) is 36.3 Å². The highest BCUT2D eigenvalue weighted by Crippen LogP contribution is 2.18. The third-order valence-electron chi connectivity index (χ3n) is 4.46. The monoisotopic (exact) mass is 342 g/mol. The molecule has 6 heteroatoms. The van der Waals surface area contributed by atoms with E-state index in [1.807, 2.05) is 17.0 Å². The van der Waals surface area contributed by atoms with E-state index in [4.69, 9.17) is 4.74 Å². The second kappa shape index (κ2) is 8.16. The molecule has 2 aromatic rings. The Kier molecular flexibility index (Phi) is 5.71. The number of hydrogen-bond donors (Lipinski definition) is 1. The molecule has 1 saturated heterocycles. The molecule has 2 heterocycles. The van der Waals surface area contributed by atoms with E-state index in [0.29, 0.717) is 24.9 Å². The molecule has 134 valence electrons. The van der Waals surface area contributed by atoms with E-state index in [0.717, 1.165) is 31.9 Å². The number of piperazine rings is 1. The molecule has 0 atom stereocenters. The predicted molar refractivity (Wildman–Crippen MR) is 99.6 cm³/mol. The summed E-state index contributed by atoms with van der Waals surface area (Å²) in [6.07, 6.45) is 3.41. The van der Waals surface area contributed by atoms with Gasteiger partial charge in [0.15, 0.2) is 5.82 Å². The summed E-state index contributed by atoms with van der Waals surface area (Å²) in [5, 5.41) is 3.28. The molecule has 1 aliphatic rings. The molecule has 6 nitrogen and oxygen atoms in total. The van der Waals surface area contributed by atoms with Crippen LogP contribution in [0.4, 0.5) is 5.82 Å². The van der Waals surface area contributed by atoms with Gasteiger partial charge < -0.3 is 19.5 Å². The van der Waals surface area contributed by atoms with Gasteiger partial charge >= 0.3 is 0 Å². The van der Waals surface area contributed by atoms with Gasteiger partial charge in [-0.05, 0) is 23.6 Å². The van der Waals surface area contributed by atoms with E-state index in [9.17, 15) is 4.79 Å². The van der Waals surface area contributed by atoms with Gasteiger partial charge in [0.1, 0.15) is 12.4 Å². The number of aromatic nitrogens is 2. The maximum absolute atomic E-state index is 12.6. The Hall–Kier alpha value is -2.34. The van der Waals surface area contributed by atoms with Crippen molar-refractivity contribution in [2.75, 3.05) is 37.7 Å². The lowest BCUT2D eigenvalue weighted by Gasteiger charge is -2.27. The molecule has 0 bridgehead atoms. The molecule has 25 heavy (non-hydrogen) atoms. The molecule has 1 aromatic carbocycles. The summed E-state index contributed by atoms with van der Waals surface area (Å²) < 4.78 is 7.45. The lowest BCUT2D eigenvalue weighted by molar-refractivity contribution is 0.296. The Bertz CT molecular complexity index is 734. The molecular formula is C19H26N4O2. The first-order valence-corrected chi connectivity index (χ1v) is 8.89. The van der Waals surface area contributed by atoms with Crippen LogP contribution in [0.2, 0.25) is 0 Å². The van der Waals surface area contributed by atoms with Crippen molar-refractivity contribution in [2.24, 2.45) is 0 Å². The fourth-order valence-corrected chi connectivity index (χ4v) is 2.92. The zero-order valence-electron chi connectivity index (χ0n) is 14.9. The highest BCUT2D eigenvalue weighted by atomic mass is 16.5. The van der Waals surface area contributed by atoms with Crippen LogP contribution in [0.15, 0.2) is 41.5 Å². The quantitative estimate of drug-likeness (QED) is 0.868. The SMILES string of the molecule is CC(C)c1ccc(OCCn2ccnc(N3CCNCC3)c2=O)cc1. The van der Waals surface area contributed by atoms with Crippen LogP contribution in [-0.4, -0.2) is 42.3 Å². The minimum atomic E-state index is -0.0526. The van der Waals surface area contributed by atoms with E-state index < -0.39 is 0 Å². The third-order valence-corrected chi connectivity index (χ3v) is 4.46. The average Bonchev–Trinajstić information content (AvgIpc) is 2.64. The van der Waals surface area contributed by atoms with E-state index >= 15 is 0 Å². The summed E-state index contributed by atoms with van der Waals surface area (Å²) >= 11 is 0. The van der Waals surface area contributed by atoms with Crippen molar-refractivity contribution < 1.29 is 4.74 Å². The fraction of sp³-hybridized carbons (Fsp3) is 0.474. The second-order valence-corrected chi connectivity index (χ2v) is 6.56. The molecule has 0 unspecified atom stereocenters. The summed E-state index contributed by atoms with van der Waals surface area (Å²) in [5.74, 6) is 1.87. The largest absolute Gasteiger partial charge is 0.492 e. The van der Waals surface area contributed by atoms with Crippen molar-refractivity contribution in [3.8, 4) is 5.75 Å². The molecule has 3 rings (SSSR count). The van der Waals surface area contributed by atoms with Crippen molar-refractivity contribution in [1.29, 1.82) is 0 Å². The maximum atomic E-state index is 12.6. The number of hydrogen-bond acceptors (Lipinski definition) is 5. The Labute approximate surface area is 148 Å². The van der Waals surface area contributed by atoms with Crippen molar-refractivity contribution >= 4 is 5.82 Å². The molecule has 0 radical (unpaired) electrons. The zero-order chi connectivity index (χ0) is 17.6. The van der Waals surface area contributed by atoms with Gasteiger partial charge in [-0.3, -0.25) is 4.79 Å². The van der Waals surface area contributed by atoms with Crippen LogP contribution in [0.25, 0.3) is 0 Å². The Morgan fingerprint density at radius 3 is 2.60 bits per heavy atom. The van der Waals surface area contributed by atoms with Crippen molar-refractivity contribution in [1.82, 2.24) is 14.9 Å². The normalized spacial score (nSPS) is 14.8. The summed E-state index contributed by atoms with van der Waals surface area (Å²) in [6, 6.07) is 8.13. The molecule has 1 N–H and O–H groups in total. The van der Waals surface area contributed by atoms with Gasteiger partial charge in [0.25, 0.3) is 5.56 Å². The molecule has 1 aliphatic heterocycles. The van der Waals surface area contributed by atoms with Crippen LogP contribution in [0.1, 0.15) is 25.3 Å². The number of nitrogens with zero attached hydrogens (tertiary/aromatic N) is 3. The average molecular weight is 342 g/mol. The van der Waals surface area contributed by atoms with Crippen LogP contribution in [0, 0.1) is 0 Å². The first-order chi connectivity index (χ1) is 12.1. The van der Waals surface area contributed by atoms with E-state index in [1.54, 1.807) is 17.0 Å². The van der Waals surface area contributed by atoms with Gasteiger partial charge in [-0.15, -0.1) is 0 Å². The van der Waals surface area contributed by atoms with Gasteiger partial charge in [-0.1, -0.05) is 26.0 Å². The van der Waals surface area contributed by atoms with Crippen LogP contribution >= 0.6 is 0 Å². The van der Waals surface area contributed by atoms with Crippen LogP contribution in [0.5, 0.6) is 5.75 Å². The fourth-order valence-electron chi connectivity index (χ4n) is 2.92. The van der Waals surface area contributed by atoms with Crippen LogP contribution in [-0.2, 0) is 6.54 Å². The highest BCUT2D eigenvalue weighted by Gasteiger charge is 2.16. The number of nitrogens with one attached hydrogen (secondary N) is 1. The first-order valence-electron chi connectivity index (χ1n) is 8.89. The number of anilines is 1. The van der Waals surface area contributed by atoms with Gasteiger partial charge in [-0.25, -0.2) is 4.98 Å². The number of ether oxygens (including phenoxy) is 1. The van der Waals surface area contributed by atoms with Crippen molar-refractivity contribution in [3.05, 3.63) is 52.6 Å². The minimum absolute atomic E-state index is 0.0526. The lowest BCUT2D eigenvalue weighted by Crippen LogP contribution is -2.46. The molecule has 0 saturated carbocycles. The number of benzene rings is 1. The maximum Gasteiger partial charge on any atom is 0.293 e. The topological polar surface area (TPSA) is 59.4 Å². The van der Waals surface area contributed by atoms with Crippen molar-refractivity contribution in [2.45, 2.75) is 26.3 Å². The molecule has 0 amide bonds. The predicted octanol–water partition coefficient (Wildman–Crippen LogP) is 1.86. The standard InChI is InChI=1S/C19H26N4O2/c1-15(2)16-3-5-17(6-4-16)25-14-13-23-12-9-21-18(19(23)24)22-10-7-20-8-11-22/h3-6,9,12,15,20H,7-8,10-11,13-14H2,1-2H3. The van der Waals surface area contributed by atoms with Crippen LogP contribution in [0.3, 0.4) is 0 Å². The highest BCUT2D eigenvalue weighted by molar-refractivity contribution is 5.36. The Balaban J connectivity index is 1.60. The third kappa shape index (κ3) is 4.39. The number of rotatable bonds is 6. The zero-order valence-corrected chi connectivity index (χ0v) is 14.9. The molecule has 1 aromatic heterocycles. The first kappa shape index (κ1) is 17.5. The minimum Gasteiger partial charge on any atom is -0.492 e. The van der Waals surface area contributed by atoms with Crippen LogP contribution < -0.4 is 20.5 Å². The molecular weight excluding hydrogens is 316 g/mol. The van der Waals surface area contributed by atoms with Gasteiger partial charge in [-0.2, -0.15) is 0 Å². The summed E-state index contributed by atoms with van der Waals surface area (Å²) in [5.41, 5.74) is 1.24. The smallest absolute Gasteiger partial charge is 0.293 e. The van der Waals surface area contributed by atoms with Crippen molar-refractivity contribution in [3.63, 3.8) is 0 Å². The second-order valence-electron chi connectivity index (χ2n) is 6.56. The van der Waals surface area contributed by atoms with Gasteiger partial charge in [0, 0.05) is 38.6 Å². The lowest BCUT2D eigenvalue weighted by atomic mass is 10.0. The molecule has 1 fully saturated rings. The van der Waals surface area contributed by atoms with Gasteiger partial charge in [0.05, 0.1) is 6.54 Å². The molecule has 0 aliphatic carbocycles. The Morgan fingerprint density at radius 1 is 1.20 bits per heavy atom. The van der Waals surface area contributed by atoms with Gasteiger partial charge in [0.2, 0.25) is 0 Å². The summed E-state index contributed by atoms with van der Waals surface area (Å²) in [7, 11) is 0. The Morgan fingerprint density at radius 2 is 1.92 bits per heavy atom. The van der Waals surface area contributed by atoms with E-state index in [1.165, 1.54) is 5.56 Å². The molecule has 0 spiro atoms. The van der Waals surface area contributed by atoms with E-state index in [-0.39, 0.29) is 5.56 Å². The summed E-state index contributed by atoms with van der Waals surface area (Å²) in [4.78, 5) is 18.9. The summed E-state index contributed by atoms with van der Waals surface area (Å²) in [6.45, 7) is 8.68.